The van der Waals surface area contributed by atoms with Gasteiger partial charge in [-0.05, 0) is 83.1 Å². The van der Waals surface area contributed by atoms with Crippen molar-refractivity contribution in [2.45, 2.75) is 105 Å². The molecule has 0 rings (SSSR count). The van der Waals surface area contributed by atoms with Crippen LogP contribution in [0.5, 0.6) is 0 Å². The Labute approximate surface area is 252 Å². The average molecular weight is 605 g/mol. The number of carbonyl (C=O) groups is 4. The normalized spacial score (nSPS) is 12.8. The lowest BCUT2D eigenvalue weighted by molar-refractivity contribution is -0.162. The Morgan fingerprint density at radius 2 is 0.619 bits per heavy atom. The van der Waals surface area contributed by atoms with Gasteiger partial charge < -0.3 is 28.4 Å². The molecular formula is C30H56N2O10. The van der Waals surface area contributed by atoms with Gasteiger partial charge in [0.2, 0.25) is 0 Å². The van der Waals surface area contributed by atoms with E-state index in [2.05, 4.69) is 0 Å². The van der Waals surface area contributed by atoms with Gasteiger partial charge in [0, 0.05) is 13.1 Å². The second-order valence-corrected chi connectivity index (χ2v) is 14.0. The Hall–Kier alpha value is -2.28. The van der Waals surface area contributed by atoms with E-state index in [1.807, 2.05) is 0 Å². The molecule has 0 atom stereocenters. The lowest BCUT2D eigenvalue weighted by atomic mass is 10.2. The molecule has 0 aromatic heterocycles. The maximum Gasteiger partial charge on any atom is 0.320 e. The highest BCUT2D eigenvalue weighted by Gasteiger charge is 2.25. The molecule has 0 fully saturated rings. The molecule has 0 unspecified atom stereocenters. The van der Waals surface area contributed by atoms with Crippen LogP contribution in [-0.2, 0) is 47.6 Å². The number of carbonyl (C=O) groups excluding carboxylic acids is 4. The van der Waals surface area contributed by atoms with E-state index in [1.165, 1.54) is 0 Å². The van der Waals surface area contributed by atoms with Gasteiger partial charge in [0.05, 0.1) is 52.6 Å². The molecule has 0 saturated heterocycles. The number of hydrogen-bond acceptors (Lipinski definition) is 12. The molecular weight excluding hydrogens is 548 g/mol. The van der Waals surface area contributed by atoms with Crippen molar-refractivity contribution >= 4 is 23.9 Å². The van der Waals surface area contributed by atoms with E-state index in [0.29, 0.717) is 13.1 Å². The van der Waals surface area contributed by atoms with Crippen molar-refractivity contribution in [1.82, 2.24) is 9.80 Å². The largest absolute Gasteiger partial charge is 0.459 e. The predicted octanol–water partition coefficient (Wildman–Crippen LogP) is 2.99. The molecule has 42 heavy (non-hydrogen) atoms. The van der Waals surface area contributed by atoms with Gasteiger partial charge in [-0.2, -0.15) is 0 Å². The van der Waals surface area contributed by atoms with Crippen LogP contribution in [0.2, 0.25) is 0 Å². The molecule has 246 valence electrons. The summed E-state index contributed by atoms with van der Waals surface area (Å²) in [7, 11) is 0. The summed E-state index contributed by atoms with van der Waals surface area (Å²) in [6.07, 6.45) is 0. The molecule has 0 aromatic carbocycles. The summed E-state index contributed by atoms with van der Waals surface area (Å²) in [4.78, 5) is 52.6. The fourth-order valence-corrected chi connectivity index (χ4v) is 3.36. The molecule has 0 heterocycles. The first kappa shape index (κ1) is 39.7. The smallest absolute Gasteiger partial charge is 0.320 e. The number of hydrogen-bond donors (Lipinski definition) is 0. The van der Waals surface area contributed by atoms with Crippen LogP contribution in [-0.4, -0.2) is 122 Å². The summed E-state index contributed by atoms with van der Waals surface area (Å²) in [5, 5.41) is 0. The first-order valence-corrected chi connectivity index (χ1v) is 14.4. The van der Waals surface area contributed by atoms with Crippen molar-refractivity contribution in [1.29, 1.82) is 0 Å². The zero-order chi connectivity index (χ0) is 32.8. The van der Waals surface area contributed by atoms with Crippen LogP contribution in [0.3, 0.4) is 0 Å². The maximum absolute atomic E-state index is 12.3. The maximum atomic E-state index is 12.3. The third-order valence-electron chi connectivity index (χ3n) is 4.57. The zero-order valence-electron chi connectivity index (χ0n) is 28.0. The summed E-state index contributed by atoms with van der Waals surface area (Å²) in [5.74, 6) is -1.79. The standard InChI is InChI=1S/C30H56N2O10/c1-27(2,3)39-23(33)19-31(20-24(34)40-28(4,5)6)13-15-37-17-18-38-16-14-32(21-25(35)41-29(7,8)9)22-26(36)42-30(10,11)12/h13-22H2,1-12H3. The summed E-state index contributed by atoms with van der Waals surface area (Å²) in [6.45, 7) is 22.7. The quantitative estimate of drug-likeness (QED) is 0.137. The molecule has 0 aliphatic rings. The third-order valence-corrected chi connectivity index (χ3v) is 4.57. The molecule has 0 saturated carbocycles. The van der Waals surface area contributed by atoms with Crippen LogP contribution in [0.4, 0.5) is 0 Å². The van der Waals surface area contributed by atoms with Crippen molar-refractivity contribution in [3.05, 3.63) is 0 Å². The molecule has 0 aliphatic carbocycles. The van der Waals surface area contributed by atoms with Gasteiger partial charge in [0.15, 0.2) is 0 Å². The van der Waals surface area contributed by atoms with E-state index < -0.39 is 46.3 Å². The fourth-order valence-electron chi connectivity index (χ4n) is 3.36. The minimum absolute atomic E-state index is 0.0818. The molecule has 0 aromatic rings. The van der Waals surface area contributed by atoms with E-state index in [0.717, 1.165) is 0 Å². The SMILES string of the molecule is CC(C)(C)OC(=O)CN(CCOCCOCCN(CC(=O)OC(C)(C)C)CC(=O)OC(C)(C)C)CC(=O)OC(C)(C)C. The molecule has 0 spiro atoms. The molecule has 12 nitrogen and oxygen atoms in total. The first-order valence-electron chi connectivity index (χ1n) is 14.4. The van der Waals surface area contributed by atoms with Crippen LogP contribution in [0, 0.1) is 0 Å². The van der Waals surface area contributed by atoms with Crippen LogP contribution < -0.4 is 0 Å². The summed E-state index contributed by atoms with van der Waals surface area (Å²) in [6, 6.07) is 0. The highest BCUT2D eigenvalue weighted by atomic mass is 16.6. The number of ether oxygens (including phenoxy) is 6. The Bertz CT molecular complexity index is 718. The molecule has 0 aliphatic heterocycles. The van der Waals surface area contributed by atoms with Gasteiger partial charge >= 0.3 is 23.9 Å². The lowest BCUT2D eigenvalue weighted by Crippen LogP contribution is -2.41. The highest BCUT2D eigenvalue weighted by molar-refractivity contribution is 5.76. The van der Waals surface area contributed by atoms with Gasteiger partial charge in [-0.15, -0.1) is 0 Å². The van der Waals surface area contributed by atoms with Crippen LogP contribution in [0.25, 0.3) is 0 Å². The molecule has 0 bridgehead atoms. The van der Waals surface area contributed by atoms with Crippen LogP contribution >= 0.6 is 0 Å². The summed E-state index contributed by atoms with van der Waals surface area (Å²) >= 11 is 0. The average Bonchev–Trinajstić information content (AvgIpc) is 2.69. The first-order chi connectivity index (χ1) is 18.9. The monoisotopic (exact) mass is 604 g/mol. The van der Waals surface area contributed by atoms with Crippen LogP contribution in [0.1, 0.15) is 83.1 Å². The summed E-state index contributed by atoms with van der Waals surface area (Å²) < 4.78 is 32.8. The predicted molar refractivity (Wildman–Crippen MR) is 158 cm³/mol. The zero-order valence-corrected chi connectivity index (χ0v) is 28.0. The van der Waals surface area contributed by atoms with Crippen molar-refractivity contribution in [2.75, 3.05) is 65.7 Å². The van der Waals surface area contributed by atoms with E-state index >= 15 is 0 Å². The van der Waals surface area contributed by atoms with Gasteiger partial charge in [0.25, 0.3) is 0 Å². The number of nitrogens with zero attached hydrogens (tertiary/aromatic N) is 2. The Morgan fingerprint density at radius 1 is 0.405 bits per heavy atom. The van der Waals surface area contributed by atoms with E-state index in [-0.39, 0.29) is 52.6 Å². The molecule has 0 radical (unpaired) electrons. The van der Waals surface area contributed by atoms with E-state index in [9.17, 15) is 19.2 Å². The molecule has 12 heteroatoms. The summed E-state index contributed by atoms with van der Waals surface area (Å²) in [5.41, 5.74) is -2.56. The van der Waals surface area contributed by atoms with Gasteiger partial charge in [0.1, 0.15) is 22.4 Å². The Morgan fingerprint density at radius 3 is 0.810 bits per heavy atom. The van der Waals surface area contributed by atoms with Gasteiger partial charge in [-0.25, -0.2) is 0 Å². The second-order valence-electron chi connectivity index (χ2n) is 14.0. The van der Waals surface area contributed by atoms with Gasteiger partial charge in [-0.3, -0.25) is 29.0 Å². The van der Waals surface area contributed by atoms with Crippen molar-refractivity contribution in [2.24, 2.45) is 0 Å². The topological polar surface area (TPSA) is 130 Å². The second kappa shape index (κ2) is 17.7. The third kappa shape index (κ3) is 25.4. The highest BCUT2D eigenvalue weighted by Crippen LogP contribution is 2.11. The Balaban J connectivity index is 4.73. The fraction of sp³-hybridized carbons (Fsp3) is 0.867. The van der Waals surface area contributed by atoms with Crippen LogP contribution in [0.15, 0.2) is 0 Å². The minimum atomic E-state index is -0.641. The van der Waals surface area contributed by atoms with E-state index in [4.69, 9.17) is 28.4 Å². The lowest BCUT2D eigenvalue weighted by Gasteiger charge is -2.26. The Kier molecular flexibility index (Phi) is 16.8. The number of rotatable bonds is 17. The van der Waals surface area contributed by atoms with Crippen molar-refractivity contribution in [3.63, 3.8) is 0 Å². The molecule has 0 amide bonds. The van der Waals surface area contributed by atoms with Crippen molar-refractivity contribution in [3.8, 4) is 0 Å². The molecule has 0 N–H and O–H groups in total. The van der Waals surface area contributed by atoms with E-state index in [1.54, 1.807) is 92.9 Å². The van der Waals surface area contributed by atoms with Crippen molar-refractivity contribution < 1.29 is 47.6 Å². The number of esters is 4. The minimum Gasteiger partial charge on any atom is -0.459 e. The van der Waals surface area contributed by atoms with Gasteiger partial charge in [-0.1, -0.05) is 0 Å².